The molecule has 0 spiro atoms. The number of carbonyl (C=O) groups is 1. The maximum Gasteiger partial charge on any atom is 0.358 e. The van der Waals surface area contributed by atoms with Crippen molar-refractivity contribution in [1.82, 2.24) is 15.0 Å². The number of nitrogens with zero attached hydrogens (tertiary/aromatic N) is 3. The van der Waals surface area contributed by atoms with Crippen molar-refractivity contribution in [1.29, 1.82) is 0 Å². The normalized spacial score (nSPS) is 16.9. The van der Waals surface area contributed by atoms with Crippen LogP contribution in [-0.4, -0.2) is 39.3 Å². The quantitative estimate of drug-likeness (QED) is 0.779. The van der Waals surface area contributed by atoms with E-state index >= 15 is 0 Å². The van der Waals surface area contributed by atoms with Gasteiger partial charge < -0.3 is 9.84 Å². The molecular formula is C12H19N3O3. The Labute approximate surface area is 106 Å². The largest absolute Gasteiger partial charge is 0.476 e. The molecule has 0 bridgehead atoms. The molecule has 0 atom stereocenters. The van der Waals surface area contributed by atoms with E-state index in [4.69, 9.17) is 9.84 Å². The first-order valence-electron chi connectivity index (χ1n) is 6.47. The van der Waals surface area contributed by atoms with Crippen LogP contribution in [0.25, 0.3) is 0 Å². The van der Waals surface area contributed by atoms with Gasteiger partial charge in [0.05, 0.1) is 19.3 Å². The molecule has 1 aromatic rings. The zero-order valence-corrected chi connectivity index (χ0v) is 10.4. The summed E-state index contributed by atoms with van der Waals surface area (Å²) in [6.07, 6.45) is 7.96. The maximum atomic E-state index is 10.6. The maximum absolute atomic E-state index is 10.6. The zero-order chi connectivity index (χ0) is 12.8. The second kappa shape index (κ2) is 6.49. The van der Waals surface area contributed by atoms with Crippen molar-refractivity contribution in [2.24, 2.45) is 5.92 Å². The van der Waals surface area contributed by atoms with Crippen LogP contribution in [-0.2, 0) is 11.3 Å². The Morgan fingerprint density at radius 1 is 1.44 bits per heavy atom. The van der Waals surface area contributed by atoms with Crippen molar-refractivity contribution in [3.05, 3.63) is 11.9 Å². The van der Waals surface area contributed by atoms with Crippen LogP contribution in [0, 0.1) is 5.92 Å². The summed E-state index contributed by atoms with van der Waals surface area (Å²) in [6, 6.07) is 0. The zero-order valence-electron chi connectivity index (χ0n) is 10.4. The molecule has 0 saturated heterocycles. The first-order valence-corrected chi connectivity index (χ1v) is 6.47. The van der Waals surface area contributed by atoms with E-state index in [0.717, 1.165) is 6.61 Å². The second-order valence-electron chi connectivity index (χ2n) is 4.75. The molecule has 1 N–H and O–H groups in total. The van der Waals surface area contributed by atoms with E-state index in [1.807, 2.05) is 0 Å². The third-order valence-electron chi connectivity index (χ3n) is 3.30. The Bertz CT molecular complexity index is 386. The number of hydrogen-bond acceptors (Lipinski definition) is 4. The number of carboxylic acids is 1. The lowest BCUT2D eigenvalue weighted by atomic mass is 9.90. The minimum absolute atomic E-state index is 0.0257. The van der Waals surface area contributed by atoms with E-state index in [-0.39, 0.29) is 5.69 Å². The van der Waals surface area contributed by atoms with Crippen molar-refractivity contribution in [2.75, 3.05) is 13.2 Å². The van der Waals surface area contributed by atoms with Crippen LogP contribution in [0.2, 0.25) is 0 Å². The SMILES string of the molecule is O=C(O)c1cn(CCOCC2CCCCC2)nn1. The van der Waals surface area contributed by atoms with Gasteiger partial charge in [-0.15, -0.1) is 5.10 Å². The van der Waals surface area contributed by atoms with E-state index in [0.29, 0.717) is 19.1 Å². The van der Waals surface area contributed by atoms with Crippen LogP contribution in [0.5, 0.6) is 0 Å². The highest BCUT2D eigenvalue weighted by atomic mass is 16.5. The summed E-state index contributed by atoms with van der Waals surface area (Å²) in [5.41, 5.74) is -0.0257. The molecule has 1 aliphatic rings. The van der Waals surface area contributed by atoms with Gasteiger partial charge >= 0.3 is 5.97 Å². The summed E-state index contributed by atoms with van der Waals surface area (Å²) in [5.74, 6) is -0.353. The molecule has 100 valence electrons. The molecule has 0 unspecified atom stereocenters. The Kier molecular flexibility index (Phi) is 4.69. The molecule has 2 rings (SSSR count). The molecule has 0 aliphatic heterocycles. The number of hydrogen-bond donors (Lipinski definition) is 1. The molecule has 1 saturated carbocycles. The summed E-state index contributed by atoms with van der Waals surface area (Å²) in [6.45, 7) is 1.91. The Hall–Kier alpha value is -1.43. The fourth-order valence-corrected chi connectivity index (χ4v) is 2.27. The molecule has 6 heteroatoms. The molecule has 0 radical (unpaired) electrons. The van der Waals surface area contributed by atoms with Crippen molar-refractivity contribution in [3.8, 4) is 0 Å². The fraction of sp³-hybridized carbons (Fsp3) is 0.750. The van der Waals surface area contributed by atoms with Crippen LogP contribution < -0.4 is 0 Å². The van der Waals surface area contributed by atoms with E-state index in [1.165, 1.54) is 43.0 Å². The third-order valence-corrected chi connectivity index (χ3v) is 3.30. The van der Waals surface area contributed by atoms with E-state index < -0.39 is 5.97 Å². The lowest BCUT2D eigenvalue weighted by molar-refractivity contribution is 0.0689. The molecule has 1 aliphatic carbocycles. The average molecular weight is 253 g/mol. The lowest BCUT2D eigenvalue weighted by Crippen LogP contribution is -2.15. The smallest absolute Gasteiger partial charge is 0.358 e. The highest BCUT2D eigenvalue weighted by Crippen LogP contribution is 2.23. The van der Waals surface area contributed by atoms with Gasteiger partial charge in [0.2, 0.25) is 0 Å². The molecule has 0 aromatic carbocycles. The Balaban J connectivity index is 1.63. The standard InChI is InChI=1S/C12H19N3O3/c16-12(17)11-8-15(14-13-11)6-7-18-9-10-4-2-1-3-5-10/h8,10H,1-7,9H2,(H,16,17). The van der Waals surface area contributed by atoms with Gasteiger partial charge in [0.25, 0.3) is 0 Å². The van der Waals surface area contributed by atoms with Crippen LogP contribution in [0.15, 0.2) is 6.20 Å². The predicted octanol–water partition coefficient (Wildman–Crippen LogP) is 1.57. The summed E-state index contributed by atoms with van der Waals surface area (Å²) in [4.78, 5) is 10.6. The van der Waals surface area contributed by atoms with Gasteiger partial charge in [0, 0.05) is 6.61 Å². The van der Waals surface area contributed by atoms with Crippen molar-refractivity contribution < 1.29 is 14.6 Å². The summed E-state index contributed by atoms with van der Waals surface area (Å²) < 4.78 is 7.12. The molecular weight excluding hydrogens is 234 g/mol. The number of carboxylic acid groups (broad SMARTS) is 1. The van der Waals surface area contributed by atoms with Crippen LogP contribution >= 0.6 is 0 Å². The average Bonchev–Trinajstić information content (AvgIpc) is 2.85. The molecule has 1 heterocycles. The number of aromatic carboxylic acids is 1. The summed E-state index contributed by atoms with van der Waals surface area (Å²) >= 11 is 0. The van der Waals surface area contributed by atoms with Gasteiger partial charge in [-0.1, -0.05) is 24.5 Å². The van der Waals surface area contributed by atoms with E-state index in [2.05, 4.69) is 10.3 Å². The second-order valence-corrected chi connectivity index (χ2v) is 4.75. The third kappa shape index (κ3) is 3.80. The van der Waals surface area contributed by atoms with Crippen molar-refractivity contribution in [2.45, 2.75) is 38.6 Å². The predicted molar refractivity (Wildman–Crippen MR) is 64.4 cm³/mol. The summed E-state index contributed by atoms with van der Waals surface area (Å²) in [7, 11) is 0. The highest BCUT2D eigenvalue weighted by Gasteiger charge is 2.13. The molecule has 0 amide bonds. The Morgan fingerprint density at radius 2 is 2.22 bits per heavy atom. The van der Waals surface area contributed by atoms with Gasteiger partial charge in [-0.3, -0.25) is 0 Å². The van der Waals surface area contributed by atoms with Gasteiger partial charge in [-0.05, 0) is 18.8 Å². The number of aromatic nitrogens is 3. The first-order chi connectivity index (χ1) is 8.75. The van der Waals surface area contributed by atoms with Gasteiger partial charge in [-0.25, -0.2) is 9.48 Å². The van der Waals surface area contributed by atoms with Crippen LogP contribution in [0.4, 0.5) is 0 Å². The van der Waals surface area contributed by atoms with Crippen molar-refractivity contribution >= 4 is 5.97 Å². The molecule has 6 nitrogen and oxygen atoms in total. The fourth-order valence-electron chi connectivity index (χ4n) is 2.27. The summed E-state index contributed by atoms with van der Waals surface area (Å²) in [5, 5.41) is 16.0. The van der Waals surface area contributed by atoms with E-state index in [9.17, 15) is 4.79 Å². The highest BCUT2D eigenvalue weighted by molar-refractivity contribution is 5.84. The van der Waals surface area contributed by atoms with Gasteiger partial charge in [0.15, 0.2) is 5.69 Å². The minimum atomic E-state index is -1.05. The van der Waals surface area contributed by atoms with Gasteiger partial charge in [0.1, 0.15) is 0 Å². The molecule has 1 fully saturated rings. The number of rotatable bonds is 6. The minimum Gasteiger partial charge on any atom is -0.476 e. The molecule has 18 heavy (non-hydrogen) atoms. The topological polar surface area (TPSA) is 77.2 Å². The van der Waals surface area contributed by atoms with Crippen LogP contribution in [0.1, 0.15) is 42.6 Å². The monoisotopic (exact) mass is 253 g/mol. The van der Waals surface area contributed by atoms with E-state index in [1.54, 1.807) is 0 Å². The lowest BCUT2D eigenvalue weighted by Gasteiger charge is -2.21. The van der Waals surface area contributed by atoms with Gasteiger partial charge in [-0.2, -0.15) is 0 Å². The first kappa shape index (κ1) is 13.0. The van der Waals surface area contributed by atoms with Crippen molar-refractivity contribution in [3.63, 3.8) is 0 Å². The Morgan fingerprint density at radius 3 is 2.89 bits per heavy atom. The van der Waals surface area contributed by atoms with Crippen LogP contribution in [0.3, 0.4) is 0 Å². The molecule has 1 aromatic heterocycles. The number of ether oxygens (including phenoxy) is 1.